The summed E-state index contributed by atoms with van der Waals surface area (Å²) in [5.74, 6) is -1.01. The van der Waals surface area contributed by atoms with Crippen LogP contribution in [0, 0.1) is 23.2 Å². The topological polar surface area (TPSA) is 59.3 Å². The molecule has 0 saturated carbocycles. The molecule has 0 aromatic carbocycles. The van der Waals surface area contributed by atoms with Crippen LogP contribution in [0.1, 0.15) is 0 Å². The van der Waals surface area contributed by atoms with Crippen LogP contribution in [0.15, 0.2) is 0 Å². The predicted octanol–water partition coefficient (Wildman–Crippen LogP) is -0.253. The molecule has 0 spiro atoms. The quantitative estimate of drug-likeness (QED) is 0.429. The van der Waals surface area contributed by atoms with Gasteiger partial charge in [-0.1, -0.05) is 0 Å². The van der Waals surface area contributed by atoms with Crippen LogP contribution >= 0.6 is 12.6 Å². The lowest BCUT2D eigenvalue weighted by atomic mass is 9.81. The summed E-state index contributed by atoms with van der Waals surface area (Å²) >= 11 is 4.30. The summed E-state index contributed by atoms with van der Waals surface area (Å²) in [5.41, 5.74) is 0. The van der Waals surface area contributed by atoms with Crippen molar-refractivity contribution in [2.45, 2.75) is 23.6 Å². The van der Waals surface area contributed by atoms with Crippen molar-refractivity contribution >= 4 is 18.6 Å². The minimum Gasteiger partial charge on any atom is -0.458 e. The molecule has 2 bridgehead atoms. The highest BCUT2D eigenvalue weighted by atomic mass is 32.1. The second-order valence-corrected chi connectivity index (χ2v) is 4.23. The third-order valence-electron chi connectivity index (χ3n) is 3.08. The molecule has 3 fully saturated rings. The fourth-order valence-electron chi connectivity index (χ4n) is 2.50. The molecule has 0 N–H and O–H groups in total. The van der Waals surface area contributed by atoms with E-state index in [2.05, 4.69) is 18.7 Å². The van der Waals surface area contributed by atoms with E-state index in [1.807, 2.05) is 0 Å². The van der Waals surface area contributed by atoms with Crippen molar-refractivity contribution in [2.24, 2.45) is 11.8 Å². The number of fused-ring (bicyclic) bond motifs is 1. The summed E-state index contributed by atoms with van der Waals surface area (Å²) < 4.78 is 10.6. The van der Waals surface area contributed by atoms with Gasteiger partial charge in [0.25, 0.3) is 0 Å². The maximum absolute atomic E-state index is 11.3. The van der Waals surface area contributed by atoms with Crippen LogP contribution in [-0.2, 0) is 14.3 Å². The second kappa shape index (κ2) is 2.20. The van der Waals surface area contributed by atoms with E-state index in [1.165, 1.54) is 0 Å². The van der Waals surface area contributed by atoms with Gasteiger partial charge in [-0.05, 0) is 0 Å². The molecule has 3 rings (SSSR count). The van der Waals surface area contributed by atoms with Crippen molar-refractivity contribution in [1.82, 2.24) is 0 Å². The van der Waals surface area contributed by atoms with Crippen LogP contribution in [0.4, 0.5) is 0 Å². The summed E-state index contributed by atoms with van der Waals surface area (Å²) in [6.07, 6.45) is -0.667. The lowest BCUT2D eigenvalue weighted by Crippen LogP contribution is -2.38. The highest BCUT2D eigenvalue weighted by Gasteiger charge is 2.67. The minimum absolute atomic E-state index is 0.127. The predicted molar refractivity (Wildman–Crippen MR) is 43.9 cm³/mol. The number of hydrogen-bond acceptors (Lipinski definition) is 5. The highest BCUT2D eigenvalue weighted by Crippen LogP contribution is 2.51. The fourth-order valence-corrected chi connectivity index (χ4v) is 2.99. The first kappa shape index (κ1) is 7.65. The van der Waals surface area contributed by atoms with E-state index in [0.29, 0.717) is 0 Å². The fraction of sp³-hybridized carbons (Fsp3) is 0.750. The van der Waals surface area contributed by atoms with Crippen molar-refractivity contribution in [2.75, 3.05) is 0 Å². The SMILES string of the molecule is N#CC1C2OC3C(OC(=O)C13)C2S. The summed E-state index contributed by atoms with van der Waals surface area (Å²) in [5, 5.41) is 8.74. The second-order valence-electron chi connectivity index (χ2n) is 3.64. The molecule has 3 heterocycles. The number of nitriles is 1. The van der Waals surface area contributed by atoms with Gasteiger partial charge in [0.15, 0.2) is 0 Å². The number of carbonyl (C=O) groups is 1. The average Bonchev–Trinajstić information content (AvgIpc) is 2.68. The average molecular weight is 197 g/mol. The minimum atomic E-state index is -0.362. The van der Waals surface area contributed by atoms with E-state index in [9.17, 15) is 4.79 Å². The maximum atomic E-state index is 11.3. The Hall–Kier alpha value is -0.730. The third-order valence-corrected chi connectivity index (χ3v) is 3.67. The molecular formula is C8H7NO3S. The van der Waals surface area contributed by atoms with E-state index in [0.717, 1.165) is 0 Å². The smallest absolute Gasteiger partial charge is 0.313 e. The first-order valence-electron chi connectivity index (χ1n) is 4.17. The summed E-state index contributed by atoms with van der Waals surface area (Å²) in [6, 6.07) is 2.11. The van der Waals surface area contributed by atoms with Gasteiger partial charge in [0.1, 0.15) is 18.1 Å². The highest BCUT2D eigenvalue weighted by molar-refractivity contribution is 7.81. The van der Waals surface area contributed by atoms with E-state index < -0.39 is 0 Å². The normalized spacial score (nSPS) is 56.5. The Morgan fingerprint density at radius 1 is 1.38 bits per heavy atom. The van der Waals surface area contributed by atoms with Crippen molar-refractivity contribution in [3.05, 3.63) is 0 Å². The Morgan fingerprint density at radius 3 is 2.85 bits per heavy atom. The monoisotopic (exact) mass is 197 g/mol. The maximum Gasteiger partial charge on any atom is 0.313 e. The van der Waals surface area contributed by atoms with Gasteiger partial charge in [0.2, 0.25) is 0 Å². The molecule has 6 atom stereocenters. The Morgan fingerprint density at radius 2 is 2.15 bits per heavy atom. The van der Waals surface area contributed by atoms with Crippen LogP contribution in [-0.4, -0.2) is 29.5 Å². The van der Waals surface area contributed by atoms with Crippen LogP contribution in [0.5, 0.6) is 0 Å². The lowest BCUT2D eigenvalue weighted by Gasteiger charge is -2.19. The Kier molecular flexibility index (Phi) is 1.29. The molecule has 6 unspecified atom stereocenters. The molecule has 3 aliphatic heterocycles. The number of ether oxygens (including phenoxy) is 2. The van der Waals surface area contributed by atoms with E-state index >= 15 is 0 Å². The molecule has 3 saturated heterocycles. The van der Waals surface area contributed by atoms with Gasteiger partial charge < -0.3 is 9.47 Å². The number of hydrogen-bond donors (Lipinski definition) is 1. The van der Waals surface area contributed by atoms with Gasteiger partial charge in [0, 0.05) is 0 Å². The van der Waals surface area contributed by atoms with Crippen LogP contribution in [0.25, 0.3) is 0 Å². The van der Waals surface area contributed by atoms with Crippen molar-refractivity contribution in [1.29, 1.82) is 5.26 Å². The third kappa shape index (κ3) is 0.697. The van der Waals surface area contributed by atoms with E-state index in [-0.39, 0.29) is 41.4 Å². The molecule has 3 aliphatic rings. The molecule has 0 aliphatic carbocycles. The van der Waals surface area contributed by atoms with Gasteiger partial charge in [-0.3, -0.25) is 4.79 Å². The molecule has 0 aromatic heterocycles. The Balaban J connectivity index is 2.07. The first-order chi connectivity index (χ1) is 6.24. The molecule has 0 aromatic rings. The molecule has 5 heteroatoms. The zero-order chi connectivity index (χ0) is 9.16. The van der Waals surface area contributed by atoms with Crippen LogP contribution < -0.4 is 0 Å². The van der Waals surface area contributed by atoms with Gasteiger partial charge >= 0.3 is 5.97 Å². The molecule has 4 nitrogen and oxygen atoms in total. The molecule has 13 heavy (non-hydrogen) atoms. The van der Waals surface area contributed by atoms with Crippen molar-refractivity contribution in [3.63, 3.8) is 0 Å². The number of esters is 1. The van der Waals surface area contributed by atoms with Gasteiger partial charge in [-0.2, -0.15) is 17.9 Å². The number of rotatable bonds is 0. The van der Waals surface area contributed by atoms with Crippen LogP contribution in [0.3, 0.4) is 0 Å². The Labute approximate surface area is 80.2 Å². The number of carbonyl (C=O) groups excluding carboxylic acids is 1. The summed E-state index contributed by atoms with van der Waals surface area (Å²) in [7, 11) is 0. The van der Waals surface area contributed by atoms with Crippen molar-refractivity contribution < 1.29 is 14.3 Å². The number of nitrogens with zero attached hydrogens (tertiary/aromatic N) is 1. The van der Waals surface area contributed by atoms with Gasteiger partial charge in [-0.25, -0.2) is 0 Å². The standard InChI is InChI=1S/C8H7NO3S/c9-1-2-3-5-6(12-8(3)10)7(13)4(2)11-5/h2-7,13H. The Bertz CT molecular complexity index is 326. The lowest BCUT2D eigenvalue weighted by molar-refractivity contribution is -0.143. The first-order valence-corrected chi connectivity index (χ1v) is 4.69. The van der Waals surface area contributed by atoms with Gasteiger partial charge in [0.05, 0.1) is 23.3 Å². The molecule has 0 radical (unpaired) electrons. The van der Waals surface area contributed by atoms with Crippen LogP contribution in [0.2, 0.25) is 0 Å². The number of thiol groups is 1. The summed E-state index contributed by atoms with van der Waals surface area (Å²) in [6.45, 7) is 0. The zero-order valence-electron chi connectivity index (χ0n) is 6.58. The van der Waals surface area contributed by atoms with E-state index in [4.69, 9.17) is 14.7 Å². The molecule has 0 amide bonds. The zero-order valence-corrected chi connectivity index (χ0v) is 7.48. The van der Waals surface area contributed by atoms with E-state index in [1.54, 1.807) is 0 Å². The molecule has 68 valence electrons. The molecular weight excluding hydrogens is 190 g/mol. The summed E-state index contributed by atoms with van der Waals surface area (Å²) in [4.78, 5) is 11.3. The largest absolute Gasteiger partial charge is 0.458 e. The van der Waals surface area contributed by atoms with Crippen molar-refractivity contribution in [3.8, 4) is 6.07 Å². The van der Waals surface area contributed by atoms with Gasteiger partial charge in [-0.15, -0.1) is 0 Å².